The first-order chi connectivity index (χ1) is 8.24. The van der Waals surface area contributed by atoms with E-state index in [2.05, 4.69) is 22.8 Å². The summed E-state index contributed by atoms with van der Waals surface area (Å²) in [7, 11) is 0. The first kappa shape index (κ1) is 13.7. The lowest BCUT2D eigenvalue weighted by Crippen LogP contribution is -2.33. The van der Waals surface area contributed by atoms with Crippen LogP contribution in [0.25, 0.3) is 0 Å². The Morgan fingerprint density at radius 1 is 1.47 bits per heavy atom. The average molecular weight is 253 g/mol. The maximum absolute atomic E-state index is 5.21. The van der Waals surface area contributed by atoms with E-state index >= 15 is 0 Å². The molecule has 17 heavy (non-hydrogen) atoms. The van der Waals surface area contributed by atoms with Gasteiger partial charge >= 0.3 is 0 Å². The first-order valence-electron chi connectivity index (χ1n) is 5.86. The number of nitrogens with zero attached hydrogens (tertiary/aromatic N) is 1. The molecule has 0 atom stereocenters. The third-order valence-electron chi connectivity index (χ3n) is 2.27. The quantitative estimate of drug-likeness (QED) is 0.354. The molecule has 0 unspecified atom stereocenters. The zero-order valence-electron chi connectivity index (χ0n) is 10.3. The first-order valence-corrected chi connectivity index (χ1v) is 6.27. The summed E-state index contributed by atoms with van der Waals surface area (Å²) in [5.41, 5.74) is 3.57. The molecule has 0 spiro atoms. The Morgan fingerprint density at radius 2 is 2.29 bits per heavy atom. The average Bonchev–Trinajstić information content (AvgIpc) is 2.85. The molecule has 0 fully saturated rings. The van der Waals surface area contributed by atoms with Gasteiger partial charge < -0.3 is 9.73 Å². The van der Waals surface area contributed by atoms with E-state index in [1.807, 2.05) is 19.1 Å². The van der Waals surface area contributed by atoms with Gasteiger partial charge in [-0.3, -0.25) is 5.43 Å². The van der Waals surface area contributed by atoms with E-state index in [4.69, 9.17) is 16.6 Å². The predicted molar refractivity (Wildman–Crippen MR) is 74.2 cm³/mol. The number of hydrazone groups is 1. The third-order valence-corrected chi connectivity index (χ3v) is 2.50. The summed E-state index contributed by atoms with van der Waals surface area (Å²) in [5, 5.41) is 7.78. The summed E-state index contributed by atoms with van der Waals surface area (Å²) in [6.45, 7) is 4.92. The lowest BCUT2D eigenvalue weighted by atomic mass is 10.2. The van der Waals surface area contributed by atoms with Crippen LogP contribution in [0.5, 0.6) is 0 Å². The standard InChI is InChI=1S/C12H19N3OS/c1-3-4-5-8-13-12(17)15-14-10(2)11-7-6-9-16-11/h6-7,9H,3-5,8H2,1-2H3,(H2,13,15,17)/b14-10-. The lowest BCUT2D eigenvalue weighted by molar-refractivity contribution is 0.556. The van der Waals surface area contributed by atoms with Crippen LogP contribution in [0, 0.1) is 0 Å². The molecular weight excluding hydrogens is 234 g/mol. The summed E-state index contributed by atoms with van der Waals surface area (Å²) in [6.07, 6.45) is 5.16. The second-order valence-corrected chi connectivity index (χ2v) is 4.16. The minimum Gasteiger partial charge on any atom is -0.463 e. The molecule has 0 radical (unpaired) electrons. The highest BCUT2D eigenvalue weighted by Gasteiger charge is 1.99. The number of thiocarbonyl (C=S) groups is 1. The van der Waals surface area contributed by atoms with E-state index in [1.54, 1.807) is 6.26 Å². The molecule has 0 aromatic carbocycles. The fourth-order valence-corrected chi connectivity index (χ4v) is 1.44. The van der Waals surface area contributed by atoms with Crippen molar-refractivity contribution in [2.24, 2.45) is 5.10 Å². The van der Waals surface area contributed by atoms with Crippen LogP contribution in [-0.4, -0.2) is 17.4 Å². The molecule has 94 valence electrons. The molecule has 5 heteroatoms. The van der Waals surface area contributed by atoms with Gasteiger partial charge in [-0.15, -0.1) is 0 Å². The molecule has 4 nitrogen and oxygen atoms in total. The highest BCUT2D eigenvalue weighted by Crippen LogP contribution is 2.00. The van der Waals surface area contributed by atoms with Crippen molar-refractivity contribution in [2.45, 2.75) is 33.1 Å². The molecule has 1 rings (SSSR count). The van der Waals surface area contributed by atoms with E-state index in [9.17, 15) is 0 Å². The maximum Gasteiger partial charge on any atom is 0.186 e. The molecule has 0 saturated carbocycles. The molecule has 1 aromatic rings. The zero-order valence-corrected chi connectivity index (χ0v) is 11.1. The maximum atomic E-state index is 5.21. The predicted octanol–water partition coefficient (Wildman–Crippen LogP) is 2.66. The number of furan rings is 1. The highest BCUT2D eigenvalue weighted by molar-refractivity contribution is 7.80. The largest absolute Gasteiger partial charge is 0.463 e. The molecule has 1 heterocycles. The molecular formula is C12H19N3OS. The van der Waals surface area contributed by atoms with Gasteiger partial charge in [-0.05, 0) is 37.7 Å². The van der Waals surface area contributed by atoms with Crippen LogP contribution in [0.4, 0.5) is 0 Å². The van der Waals surface area contributed by atoms with Crippen LogP contribution in [-0.2, 0) is 0 Å². The monoisotopic (exact) mass is 253 g/mol. The Hall–Kier alpha value is -1.36. The van der Waals surface area contributed by atoms with Crippen molar-refractivity contribution in [3.05, 3.63) is 24.2 Å². The summed E-state index contributed by atoms with van der Waals surface area (Å²) in [5.74, 6) is 0.742. The number of hydrogen-bond donors (Lipinski definition) is 2. The zero-order chi connectivity index (χ0) is 12.5. The van der Waals surface area contributed by atoms with Gasteiger partial charge in [-0.1, -0.05) is 19.8 Å². The van der Waals surface area contributed by atoms with Crippen molar-refractivity contribution < 1.29 is 4.42 Å². The minimum atomic E-state index is 0.548. The Balaban J connectivity index is 2.25. The van der Waals surface area contributed by atoms with Crippen LogP contribution in [0.1, 0.15) is 38.9 Å². The van der Waals surface area contributed by atoms with E-state index in [0.717, 1.165) is 24.4 Å². The third kappa shape index (κ3) is 5.49. The molecule has 0 aliphatic heterocycles. The second kappa shape index (κ2) is 7.84. The number of rotatable bonds is 6. The van der Waals surface area contributed by atoms with Crippen molar-refractivity contribution in [2.75, 3.05) is 6.54 Å². The topological polar surface area (TPSA) is 49.6 Å². The van der Waals surface area contributed by atoms with Gasteiger partial charge in [-0.2, -0.15) is 5.10 Å². The second-order valence-electron chi connectivity index (χ2n) is 3.75. The van der Waals surface area contributed by atoms with E-state index in [1.165, 1.54) is 12.8 Å². The van der Waals surface area contributed by atoms with E-state index in [-0.39, 0.29) is 0 Å². The van der Waals surface area contributed by atoms with Crippen LogP contribution in [0.15, 0.2) is 27.9 Å². The summed E-state index contributed by atoms with van der Waals surface area (Å²) in [4.78, 5) is 0. The lowest BCUT2D eigenvalue weighted by Gasteiger charge is -2.06. The fourth-order valence-electron chi connectivity index (χ4n) is 1.29. The summed E-state index contributed by atoms with van der Waals surface area (Å²) in [6, 6.07) is 3.69. The number of unbranched alkanes of at least 4 members (excludes halogenated alkanes) is 2. The van der Waals surface area contributed by atoms with E-state index < -0.39 is 0 Å². The van der Waals surface area contributed by atoms with E-state index in [0.29, 0.717) is 5.11 Å². The van der Waals surface area contributed by atoms with Gasteiger partial charge in [0.2, 0.25) is 0 Å². The Labute approximate surface area is 107 Å². The van der Waals surface area contributed by atoms with Gasteiger partial charge in [-0.25, -0.2) is 0 Å². The molecule has 1 aromatic heterocycles. The molecule has 0 aliphatic carbocycles. The van der Waals surface area contributed by atoms with Crippen molar-refractivity contribution >= 4 is 23.0 Å². The summed E-state index contributed by atoms with van der Waals surface area (Å²) < 4.78 is 5.21. The molecule has 2 N–H and O–H groups in total. The van der Waals surface area contributed by atoms with Crippen molar-refractivity contribution in [1.29, 1.82) is 0 Å². The van der Waals surface area contributed by atoms with Gasteiger partial charge in [0.05, 0.1) is 6.26 Å². The summed E-state index contributed by atoms with van der Waals surface area (Å²) >= 11 is 5.09. The normalized spacial score (nSPS) is 11.3. The van der Waals surface area contributed by atoms with Gasteiger partial charge in [0, 0.05) is 6.54 Å². The SMILES string of the molecule is CCCCCNC(=S)N/N=C(/C)c1ccco1. The Kier molecular flexibility index (Phi) is 6.32. The van der Waals surface area contributed by atoms with Crippen LogP contribution < -0.4 is 10.7 Å². The van der Waals surface area contributed by atoms with Crippen LogP contribution in [0.2, 0.25) is 0 Å². The Bertz CT molecular complexity index is 360. The highest BCUT2D eigenvalue weighted by atomic mass is 32.1. The van der Waals surface area contributed by atoms with Crippen molar-refractivity contribution in [3.8, 4) is 0 Å². The van der Waals surface area contributed by atoms with Gasteiger partial charge in [0.1, 0.15) is 11.5 Å². The minimum absolute atomic E-state index is 0.548. The van der Waals surface area contributed by atoms with Crippen molar-refractivity contribution in [3.63, 3.8) is 0 Å². The number of nitrogens with one attached hydrogen (secondary N) is 2. The smallest absolute Gasteiger partial charge is 0.186 e. The number of hydrogen-bond acceptors (Lipinski definition) is 3. The van der Waals surface area contributed by atoms with Crippen LogP contribution in [0.3, 0.4) is 0 Å². The van der Waals surface area contributed by atoms with Gasteiger partial charge in [0.15, 0.2) is 5.11 Å². The van der Waals surface area contributed by atoms with Crippen molar-refractivity contribution in [1.82, 2.24) is 10.7 Å². The molecule has 0 bridgehead atoms. The molecule has 0 aliphatic rings. The molecule has 0 amide bonds. The molecule has 0 saturated heterocycles. The van der Waals surface area contributed by atoms with Gasteiger partial charge in [0.25, 0.3) is 0 Å². The van der Waals surface area contributed by atoms with Crippen LogP contribution >= 0.6 is 12.2 Å². The fraction of sp³-hybridized carbons (Fsp3) is 0.500. The Morgan fingerprint density at radius 3 is 2.94 bits per heavy atom.